The molecule has 2 rings (SSSR count). The molecule has 1 fully saturated rings. The summed E-state index contributed by atoms with van der Waals surface area (Å²) in [6, 6.07) is 0. The van der Waals surface area contributed by atoms with Crippen molar-refractivity contribution in [1.82, 2.24) is 10.2 Å². The van der Waals surface area contributed by atoms with Crippen molar-refractivity contribution in [3.63, 3.8) is 0 Å². The maximum Gasteiger partial charge on any atom is 0.0199 e. The third kappa shape index (κ3) is 2.93. The summed E-state index contributed by atoms with van der Waals surface area (Å²) >= 11 is 0. The van der Waals surface area contributed by atoms with E-state index < -0.39 is 0 Å². The van der Waals surface area contributed by atoms with E-state index in [-0.39, 0.29) is 0 Å². The molecule has 1 aliphatic carbocycles. The van der Waals surface area contributed by atoms with E-state index in [2.05, 4.69) is 22.9 Å². The largest absolute Gasteiger partial charge is 0.314 e. The lowest BCUT2D eigenvalue weighted by molar-refractivity contribution is 0.255. The fraction of sp³-hybridized carbons (Fsp3) is 0.692. The van der Waals surface area contributed by atoms with Gasteiger partial charge < -0.3 is 5.32 Å². The first-order valence-electron chi connectivity index (χ1n) is 6.16. The monoisotopic (exact) mass is 206 g/mol. The number of nitrogens with zero attached hydrogens (tertiary/aromatic N) is 1. The number of hydrogen-bond donors (Lipinski definition) is 1. The molecule has 0 aromatic heterocycles. The van der Waals surface area contributed by atoms with E-state index in [1.165, 1.54) is 50.9 Å². The zero-order valence-corrected chi connectivity index (χ0v) is 9.60. The Morgan fingerprint density at radius 1 is 1.20 bits per heavy atom. The molecule has 0 aromatic rings. The minimum atomic E-state index is 1.15. The van der Waals surface area contributed by atoms with Crippen molar-refractivity contribution in [3.05, 3.63) is 23.8 Å². The standard InChI is InChI=1S/C13H22N2/c1-2-12-5-3-4-6-13(12)11-15-9-7-14-8-10-15/h2,14H,1,3-11H2. The lowest BCUT2D eigenvalue weighted by atomic mass is 9.91. The summed E-state index contributed by atoms with van der Waals surface area (Å²) in [5.41, 5.74) is 3.18. The Kier molecular flexibility index (Phi) is 3.98. The normalized spacial score (nSPS) is 24.3. The van der Waals surface area contributed by atoms with Crippen LogP contribution in [-0.2, 0) is 0 Å². The number of nitrogens with one attached hydrogen (secondary N) is 1. The molecule has 1 N–H and O–H groups in total. The van der Waals surface area contributed by atoms with Gasteiger partial charge in [0, 0.05) is 32.7 Å². The Morgan fingerprint density at radius 3 is 2.67 bits per heavy atom. The smallest absolute Gasteiger partial charge is 0.0199 e. The van der Waals surface area contributed by atoms with Crippen molar-refractivity contribution >= 4 is 0 Å². The molecule has 0 spiro atoms. The summed E-state index contributed by atoms with van der Waals surface area (Å²) in [7, 11) is 0. The van der Waals surface area contributed by atoms with Crippen molar-refractivity contribution in [2.75, 3.05) is 32.7 Å². The lowest BCUT2D eigenvalue weighted by Crippen LogP contribution is -2.44. The maximum atomic E-state index is 3.94. The third-order valence-electron chi connectivity index (χ3n) is 3.50. The summed E-state index contributed by atoms with van der Waals surface area (Å²) in [4.78, 5) is 2.57. The predicted molar refractivity (Wildman–Crippen MR) is 65.0 cm³/mol. The molecular weight excluding hydrogens is 184 g/mol. The Labute approximate surface area is 93.0 Å². The van der Waals surface area contributed by atoms with E-state index in [4.69, 9.17) is 0 Å². The maximum absolute atomic E-state index is 3.94. The molecule has 0 aromatic carbocycles. The van der Waals surface area contributed by atoms with Gasteiger partial charge in [-0.05, 0) is 31.3 Å². The highest BCUT2D eigenvalue weighted by Crippen LogP contribution is 2.25. The van der Waals surface area contributed by atoms with Crippen molar-refractivity contribution in [1.29, 1.82) is 0 Å². The zero-order chi connectivity index (χ0) is 10.5. The fourth-order valence-electron chi connectivity index (χ4n) is 2.56. The minimum absolute atomic E-state index is 1.15. The highest BCUT2D eigenvalue weighted by molar-refractivity contribution is 5.27. The van der Waals surface area contributed by atoms with Crippen molar-refractivity contribution in [2.45, 2.75) is 25.7 Å². The van der Waals surface area contributed by atoms with E-state index in [9.17, 15) is 0 Å². The van der Waals surface area contributed by atoms with Crippen molar-refractivity contribution in [3.8, 4) is 0 Å². The number of hydrogen-bond acceptors (Lipinski definition) is 2. The van der Waals surface area contributed by atoms with Gasteiger partial charge in [-0.3, -0.25) is 4.90 Å². The van der Waals surface area contributed by atoms with Gasteiger partial charge in [0.2, 0.25) is 0 Å². The average molecular weight is 206 g/mol. The second-order valence-corrected chi connectivity index (χ2v) is 4.57. The number of rotatable bonds is 3. The van der Waals surface area contributed by atoms with Crippen LogP contribution in [0.4, 0.5) is 0 Å². The average Bonchev–Trinajstić information content (AvgIpc) is 2.31. The number of allylic oxidation sites excluding steroid dienone is 2. The van der Waals surface area contributed by atoms with Gasteiger partial charge >= 0.3 is 0 Å². The molecule has 0 saturated carbocycles. The Morgan fingerprint density at radius 2 is 1.93 bits per heavy atom. The second kappa shape index (κ2) is 5.47. The van der Waals surface area contributed by atoms with Crippen LogP contribution in [0, 0.1) is 0 Å². The van der Waals surface area contributed by atoms with Gasteiger partial charge in [-0.2, -0.15) is 0 Å². The first kappa shape index (κ1) is 10.9. The molecular formula is C13H22N2. The molecule has 0 bridgehead atoms. The molecule has 2 aliphatic rings. The third-order valence-corrected chi connectivity index (χ3v) is 3.50. The topological polar surface area (TPSA) is 15.3 Å². The SMILES string of the molecule is C=CC1=C(CN2CCNCC2)CCCC1. The fourth-order valence-corrected chi connectivity index (χ4v) is 2.56. The molecule has 1 heterocycles. The summed E-state index contributed by atoms with van der Waals surface area (Å²) in [5.74, 6) is 0. The molecule has 1 saturated heterocycles. The molecule has 2 heteroatoms. The van der Waals surface area contributed by atoms with Crippen LogP contribution in [0.3, 0.4) is 0 Å². The quantitative estimate of drug-likeness (QED) is 0.759. The highest BCUT2D eigenvalue weighted by atomic mass is 15.2. The summed E-state index contributed by atoms with van der Waals surface area (Å²) in [5, 5.41) is 3.40. The van der Waals surface area contributed by atoms with Crippen molar-refractivity contribution < 1.29 is 0 Å². The van der Waals surface area contributed by atoms with Crippen LogP contribution in [0.25, 0.3) is 0 Å². The van der Waals surface area contributed by atoms with E-state index in [0.29, 0.717) is 0 Å². The Bertz CT molecular complexity index is 249. The van der Waals surface area contributed by atoms with E-state index in [1.54, 1.807) is 5.57 Å². The van der Waals surface area contributed by atoms with Gasteiger partial charge in [-0.1, -0.05) is 18.2 Å². The zero-order valence-electron chi connectivity index (χ0n) is 9.60. The van der Waals surface area contributed by atoms with Gasteiger partial charge in [-0.15, -0.1) is 0 Å². The van der Waals surface area contributed by atoms with Crippen LogP contribution in [0.5, 0.6) is 0 Å². The molecule has 1 aliphatic heterocycles. The summed E-state index contributed by atoms with van der Waals surface area (Å²) in [6.45, 7) is 9.83. The second-order valence-electron chi connectivity index (χ2n) is 4.57. The highest BCUT2D eigenvalue weighted by Gasteiger charge is 2.15. The van der Waals surface area contributed by atoms with Gasteiger partial charge in [-0.25, -0.2) is 0 Å². The summed E-state index contributed by atoms with van der Waals surface area (Å²) in [6.07, 6.45) is 7.36. The molecule has 0 atom stereocenters. The van der Waals surface area contributed by atoms with Crippen molar-refractivity contribution in [2.24, 2.45) is 0 Å². The summed E-state index contributed by atoms with van der Waals surface area (Å²) < 4.78 is 0. The van der Waals surface area contributed by atoms with Gasteiger partial charge in [0.1, 0.15) is 0 Å². The molecule has 84 valence electrons. The van der Waals surface area contributed by atoms with Gasteiger partial charge in [0.05, 0.1) is 0 Å². The van der Waals surface area contributed by atoms with Crippen LogP contribution in [0.15, 0.2) is 23.8 Å². The Balaban J connectivity index is 1.95. The minimum Gasteiger partial charge on any atom is -0.314 e. The molecule has 2 nitrogen and oxygen atoms in total. The molecule has 0 unspecified atom stereocenters. The van der Waals surface area contributed by atoms with Crippen LogP contribution in [0.1, 0.15) is 25.7 Å². The van der Waals surface area contributed by atoms with E-state index in [1.807, 2.05) is 0 Å². The van der Waals surface area contributed by atoms with Crippen LogP contribution in [-0.4, -0.2) is 37.6 Å². The van der Waals surface area contributed by atoms with Gasteiger partial charge in [0.15, 0.2) is 0 Å². The van der Waals surface area contributed by atoms with Gasteiger partial charge in [0.25, 0.3) is 0 Å². The molecule has 15 heavy (non-hydrogen) atoms. The Hall–Kier alpha value is -0.600. The van der Waals surface area contributed by atoms with Crippen LogP contribution < -0.4 is 5.32 Å². The molecule has 0 radical (unpaired) electrons. The predicted octanol–water partition coefficient (Wildman–Crippen LogP) is 1.95. The number of piperazine rings is 1. The lowest BCUT2D eigenvalue weighted by Gasteiger charge is -2.30. The van der Waals surface area contributed by atoms with Crippen LogP contribution in [0.2, 0.25) is 0 Å². The molecule has 0 amide bonds. The van der Waals surface area contributed by atoms with Crippen LogP contribution >= 0.6 is 0 Å². The van der Waals surface area contributed by atoms with E-state index >= 15 is 0 Å². The van der Waals surface area contributed by atoms with E-state index in [0.717, 1.165) is 13.1 Å². The first-order valence-corrected chi connectivity index (χ1v) is 6.16. The first-order chi connectivity index (χ1) is 7.40.